The number of halogens is 1. The molecular formula is C12H17BrN2O. The lowest BCUT2D eigenvalue weighted by molar-refractivity contribution is 0.0906. The Morgan fingerprint density at radius 1 is 1.50 bits per heavy atom. The van der Waals surface area contributed by atoms with E-state index in [9.17, 15) is 4.79 Å². The van der Waals surface area contributed by atoms with Crippen LogP contribution < -0.4 is 5.32 Å². The number of pyridine rings is 1. The summed E-state index contributed by atoms with van der Waals surface area (Å²) >= 11 is 3.38. The minimum atomic E-state index is -0.216. The molecule has 1 N–H and O–H groups in total. The first-order valence-electron chi connectivity index (χ1n) is 5.27. The van der Waals surface area contributed by atoms with Crippen molar-refractivity contribution in [2.75, 3.05) is 5.33 Å². The van der Waals surface area contributed by atoms with Gasteiger partial charge in [0.05, 0.1) is 0 Å². The maximum Gasteiger partial charge on any atom is 0.270 e. The van der Waals surface area contributed by atoms with E-state index in [4.69, 9.17) is 0 Å². The van der Waals surface area contributed by atoms with Gasteiger partial charge in [-0.3, -0.25) is 4.79 Å². The Kier molecular flexibility index (Phi) is 4.47. The number of rotatable bonds is 4. The van der Waals surface area contributed by atoms with Gasteiger partial charge in [-0.25, -0.2) is 4.98 Å². The van der Waals surface area contributed by atoms with Crippen LogP contribution in [0.3, 0.4) is 0 Å². The zero-order chi connectivity index (χ0) is 12.2. The van der Waals surface area contributed by atoms with Crippen LogP contribution in [0.4, 0.5) is 0 Å². The van der Waals surface area contributed by atoms with Crippen molar-refractivity contribution in [1.82, 2.24) is 10.3 Å². The lowest BCUT2D eigenvalue weighted by Crippen LogP contribution is -2.44. The van der Waals surface area contributed by atoms with E-state index in [-0.39, 0.29) is 11.4 Å². The Labute approximate surface area is 105 Å². The molecule has 0 spiro atoms. The summed E-state index contributed by atoms with van der Waals surface area (Å²) in [6.07, 6.45) is 0.880. The standard InChI is InChI=1S/C12H17BrN2O/c1-9-5-4-6-10(14-9)11(16)15-12(2,3)7-8-13/h4-6H,7-8H2,1-3H3,(H,15,16). The van der Waals surface area contributed by atoms with Crippen LogP contribution in [-0.2, 0) is 0 Å². The van der Waals surface area contributed by atoms with Gasteiger partial charge in [-0.05, 0) is 39.3 Å². The fourth-order valence-corrected chi connectivity index (χ4v) is 2.33. The highest BCUT2D eigenvalue weighted by molar-refractivity contribution is 9.09. The van der Waals surface area contributed by atoms with Gasteiger partial charge in [0, 0.05) is 16.6 Å². The minimum absolute atomic E-state index is 0.116. The first kappa shape index (κ1) is 13.2. The molecule has 1 heterocycles. The Morgan fingerprint density at radius 2 is 2.19 bits per heavy atom. The van der Waals surface area contributed by atoms with Crippen LogP contribution in [-0.4, -0.2) is 21.8 Å². The molecule has 0 saturated heterocycles. The molecule has 0 radical (unpaired) electrons. The number of carbonyl (C=O) groups is 1. The Bertz CT molecular complexity index is 377. The first-order chi connectivity index (χ1) is 7.44. The van der Waals surface area contributed by atoms with Gasteiger partial charge in [0.15, 0.2) is 0 Å². The number of nitrogens with one attached hydrogen (secondary N) is 1. The van der Waals surface area contributed by atoms with E-state index in [2.05, 4.69) is 26.2 Å². The number of hydrogen-bond donors (Lipinski definition) is 1. The van der Waals surface area contributed by atoms with Gasteiger partial charge in [0.25, 0.3) is 5.91 Å². The SMILES string of the molecule is Cc1cccc(C(=O)NC(C)(C)CCBr)n1. The van der Waals surface area contributed by atoms with Crippen molar-refractivity contribution in [3.05, 3.63) is 29.6 Å². The monoisotopic (exact) mass is 284 g/mol. The summed E-state index contributed by atoms with van der Waals surface area (Å²) in [4.78, 5) is 16.1. The van der Waals surface area contributed by atoms with Crippen molar-refractivity contribution in [3.8, 4) is 0 Å². The molecule has 88 valence electrons. The summed E-state index contributed by atoms with van der Waals surface area (Å²) in [7, 11) is 0. The highest BCUT2D eigenvalue weighted by Crippen LogP contribution is 2.11. The third-order valence-corrected chi connectivity index (χ3v) is 2.69. The molecule has 0 aliphatic carbocycles. The van der Waals surface area contributed by atoms with Gasteiger partial charge < -0.3 is 5.32 Å². The Hall–Kier alpha value is -0.900. The zero-order valence-electron chi connectivity index (χ0n) is 9.88. The normalized spacial score (nSPS) is 11.2. The summed E-state index contributed by atoms with van der Waals surface area (Å²) in [6, 6.07) is 5.45. The third kappa shape index (κ3) is 3.93. The highest BCUT2D eigenvalue weighted by atomic mass is 79.9. The lowest BCUT2D eigenvalue weighted by atomic mass is 10.0. The first-order valence-corrected chi connectivity index (χ1v) is 6.39. The van der Waals surface area contributed by atoms with Crippen molar-refractivity contribution in [2.45, 2.75) is 32.7 Å². The molecule has 1 rings (SSSR count). The molecule has 0 atom stereocenters. The fraction of sp³-hybridized carbons (Fsp3) is 0.500. The maximum absolute atomic E-state index is 11.9. The van der Waals surface area contributed by atoms with E-state index in [1.807, 2.05) is 32.9 Å². The average Bonchev–Trinajstić information content (AvgIpc) is 2.16. The largest absolute Gasteiger partial charge is 0.346 e. The molecule has 0 saturated carbocycles. The van der Waals surface area contributed by atoms with Gasteiger partial charge in [0.1, 0.15) is 5.69 Å². The van der Waals surface area contributed by atoms with Crippen LogP contribution in [0.5, 0.6) is 0 Å². The van der Waals surface area contributed by atoms with E-state index in [0.717, 1.165) is 17.4 Å². The smallest absolute Gasteiger partial charge is 0.270 e. The van der Waals surface area contributed by atoms with Crippen molar-refractivity contribution < 1.29 is 4.79 Å². The van der Waals surface area contributed by atoms with Crippen molar-refractivity contribution in [1.29, 1.82) is 0 Å². The number of amides is 1. The van der Waals surface area contributed by atoms with E-state index in [1.54, 1.807) is 6.07 Å². The van der Waals surface area contributed by atoms with E-state index in [1.165, 1.54) is 0 Å². The number of aryl methyl sites for hydroxylation is 1. The van der Waals surface area contributed by atoms with Crippen molar-refractivity contribution >= 4 is 21.8 Å². The molecule has 3 nitrogen and oxygen atoms in total. The zero-order valence-corrected chi connectivity index (χ0v) is 11.5. The average molecular weight is 285 g/mol. The molecule has 1 aromatic rings. The van der Waals surface area contributed by atoms with Gasteiger partial charge >= 0.3 is 0 Å². The number of carbonyl (C=O) groups excluding carboxylic acids is 1. The van der Waals surface area contributed by atoms with Crippen LogP contribution in [0.15, 0.2) is 18.2 Å². The van der Waals surface area contributed by atoms with Crippen LogP contribution in [0.2, 0.25) is 0 Å². The maximum atomic E-state index is 11.9. The molecule has 1 aromatic heterocycles. The highest BCUT2D eigenvalue weighted by Gasteiger charge is 2.20. The van der Waals surface area contributed by atoms with E-state index < -0.39 is 0 Å². The lowest BCUT2D eigenvalue weighted by Gasteiger charge is -2.25. The van der Waals surface area contributed by atoms with Gasteiger partial charge in [0.2, 0.25) is 0 Å². The second-order valence-corrected chi connectivity index (χ2v) is 5.23. The predicted octanol–water partition coefficient (Wildman–Crippen LogP) is 2.68. The summed E-state index contributed by atoms with van der Waals surface area (Å²) in [5.74, 6) is -0.116. The summed E-state index contributed by atoms with van der Waals surface area (Å²) < 4.78 is 0. The summed E-state index contributed by atoms with van der Waals surface area (Å²) in [6.45, 7) is 5.88. The van der Waals surface area contributed by atoms with Crippen LogP contribution in [0.25, 0.3) is 0 Å². The predicted molar refractivity (Wildman–Crippen MR) is 68.9 cm³/mol. The second kappa shape index (κ2) is 5.43. The van der Waals surface area contributed by atoms with Gasteiger partial charge in [-0.2, -0.15) is 0 Å². The molecule has 16 heavy (non-hydrogen) atoms. The van der Waals surface area contributed by atoms with Crippen LogP contribution >= 0.6 is 15.9 Å². The Morgan fingerprint density at radius 3 is 2.75 bits per heavy atom. The van der Waals surface area contributed by atoms with E-state index >= 15 is 0 Å². The van der Waals surface area contributed by atoms with Crippen molar-refractivity contribution in [3.63, 3.8) is 0 Å². The molecule has 0 aliphatic rings. The van der Waals surface area contributed by atoms with Crippen LogP contribution in [0, 0.1) is 6.92 Å². The topological polar surface area (TPSA) is 42.0 Å². The third-order valence-electron chi connectivity index (χ3n) is 2.29. The molecule has 0 aromatic carbocycles. The fourth-order valence-electron chi connectivity index (χ4n) is 1.34. The number of nitrogens with zero attached hydrogens (tertiary/aromatic N) is 1. The second-order valence-electron chi connectivity index (χ2n) is 4.44. The number of aromatic nitrogens is 1. The quantitative estimate of drug-likeness (QED) is 0.864. The molecule has 0 fully saturated rings. The van der Waals surface area contributed by atoms with Gasteiger partial charge in [-0.1, -0.05) is 22.0 Å². The van der Waals surface area contributed by atoms with E-state index in [0.29, 0.717) is 5.69 Å². The molecular weight excluding hydrogens is 268 g/mol. The van der Waals surface area contributed by atoms with Crippen LogP contribution in [0.1, 0.15) is 36.5 Å². The summed E-state index contributed by atoms with van der Waals surface area (Å²) in [5, 5.41) is 3.83. The molecule has 4 heteroatoms. The molecule has 0 bridgehead atoms. The molecule has 1 amide bonds. The number of alkyl halides is 1. The molecule has 0 aliphatic heterocycles. The Balaban J connectivity index is 2.72. The van der Waals surface area contributed by atoms with Gasteiger partial charge in [-0.15, -0.1) is 0 Å². The molecule has 0 unspecified atom stereocenters. The number of hydrogen-bond acceptors (Lipinski definition) is 2. The minimum Gasteiger partial charge on any atom is -0.346 e. The summed E-state index contributed by atoms with van der Waals surface area (Å²) in [5.41, 5.74) is 1.11. The van der Waals surface area contributed by atoms with Crippen molar-refractivity contribution in [2.24, 2.45) is 0 Å².